The first-order valence-electron chi connectivity index (χ1n) is 16.5. The highest BCUT2D eigenvalue weighted by molar-refractivity contribution is 5.78. The van der Waals surface area contributed by atoms with Gasteiger partial charge in [-0.05, 0) is 45.3 Å². The minimum Gasteiger partial charge on any atom is -0.303 e. The van der Waals surface area contributed by atoms with E-state index < -0.39 is 0 Å². The maximum Gasteiger partial charge on any atom is 0.132 e. The molecule has 0 fully saturated rings. The van der Waals surface area contributed by atoms with Gasteiger partial charge in [0.2, 0.25) is 0 Å². The monoisotopic (exact) mass is 494 g/mol. The van der Waals surface area contributed by atoms with Crippen LogP contribution in [0.15, 0.2) is 0 Å². The summed E-state index contributed by atoms with van der Waals surface area (Å²) in [5.41, 5.74) is 0. The maximum atomic E-state index is 12.2. The Hall–Kier alpha value is -0.370. The van der Waals surface area contributed by atoms with E-state index in [1.165, 1.54) is 154 Å². The van der Waals surface area contributed by atoms with Crippen LogP contribution >= 0.6 is 0 Å². The minimum absolute atomic E-state index is 0.503. The topological polar surface area (TPSA) is 20.3 Å². The van der Waals surface area contributed by atoms with Crippen molar-refractivity contribution in [3.05, 3.63) is 0 Å². The predicted octanol–water partition coefficient (Wildman–Crippen LogP) is 11.1. The van der Waals surface area contributed by atoms with E-state index >= 15 is 0 Å². The molecule has 0 spiro atoms. The number of nitrogens with zero attached hydrogens (tertiary/aromatic N) is 1. The zero-order chi connectivity index (χ0) is 25.7. The number of ketones is 1. The Labute approximate surface area is 222 Å². The summed E-state index contributed by atoms with van der Waals surface area (Å²) in [6.45, 7) is 10.4. The summed E-state index contributed by atoms with van der Waals surface area (Å²) in [6.07, 6.45) is 34.5. The van der Waals surface area contributed by atoms with Crippen LogP contribution in [0.1, 0.15) is 188 Å². The highest BCUT2D eigenvalue weighted by Crippen LogP contribution is 2.15. The van der Waals surface area contributed by atoms with Crippen LogP contribution in [0.25, 0.3) is 0 Å². The van der Waals surface area contributed by atoms with E-state index in [0.29, 0.717) is 5.78 Å². The van der Waals surface area contributed by atoms with E-state index in [0.717, 1.165) is 32.2 Å². The van der Waals surface area contributed by atoms with E-state index in [1.807, 2.05) is 0 Å². The molecule has 0 aliphatic rings. The molecule has 0 N–H and O–H groups in total. The first kappa shape index (κ1) is 34.6. The Morgan fingerprint density at radius 3 is 1.03 bits per heavy atom. The van der Waals surface area contributed by atoms with E-state index in [4.69, 9.17) is 0 Å². The molecule has 35 heavy (non-hydrogen) atoms. The highest BCUT2D eigenvalue weighted by Gasteiger charge is 2.06. The van der Waals surface area contributed by atoms with Gasteiger partial charge in [-0.1, -0.05) is 149 Å². The number of rotatable bonds is 30. The Morgan fingerprint density at radius 2 is 0.657 bits per heavy atom. The molecule has 0 heterocycles. The van der Waals surface area contributed by atoms with Crippen molar-refractivity contribution in [2.45, 2.75) is 188 Å². The van der Waals surface area contributed by atoms with Crippen molar-refractivity contribution in [2.75, 3.05) is 19.6 Å². The molecular formula is C33H67NO. The molecule has 0 aromatic heterocycles. The zero-order valence-corrected chi connectivity index (χ0v) is 24.9. The second-order valence-electron chi connectivity index (χ2n) is 11.3. The fourth-order valence-electron chi connectivity index (χ4n) is 5.12. The van der Waals surface area contributed by atoms with Gasteiger partial charge in [-0.2, -0.15) is 0 Å². The molecule has 0 unspecified atom stereocenters. The van der Waals surface area contributed by atoms with Crippen molar-refractivity contribution in [3.63, 3.8) is 0 Å². The molecule has 0 radical (unpaired) electrons. The Morgan fingerprint density at radius 1 is 0.371 bits per heavy atom. The first-order chi connectivity index (χ1) is 17.2. The van der Waals surface area contributed by atoms with Crippen LogP contribution in [0, 0.1) is 0 Å². The second-order valence-corrected chi connectivity index (χ2v) is 11.3. The van der Waals surface area contributed by atoms with Gasteiger partial charge in [0.15, 0.2) is 0 Å². The van der Waals surface area contributed by atoms with Gasteiger partial charge in [-0.25, -0.2) is 0 Å². The molecule has 0 aromatic carbocycles. The minimum atomic E-state index is 0.503. The van der Waals surface area contributed by atoms with Gasteiger partial charge >= 0.3 is 0 Å². The zero-order valence-electron chi connectivity index (χ0n) is 24.9. The molecule has 0 aromatic rings. The fourth-order valence-corrected chi connectivity index (χ4v) is 5.12. The highest BCUT2D eigenvalue weighted by atomic mass is 16.1. The number of hydrogen-bond acceptors (Lipinski definition) is 2. The quantitative estimate of drug-likeness (QED) is 0.0927. The molecular weight excluding hydrogens is 426 g/mol. The molecule has 0 bridgehead atoms. The van der Waals surface area contributed by atoms with Crippen LogP contribution in [0.2, 0.25) is 0 Å². The molecule has 0 rings (SSSR count). The number of Topliss-reactive ketones (excluding diaryl/α,β-unsaturated/α-hetero) is 1. The van der Waals surface area contributed by atoms with Crippen molar-refractivity contribution >= 4 is 5.78 Å². The van der Waals surface area contributed by atoms with Gasteiger partial charge in [0.25, 0.3) is 0 Å². The maximum absolute atomic E-state index is 12.2. The summed E-state index contributed by atoms with van der Waals surface area (Å²) in [5.74, 6) is 0.503. The Bertz CT molecular complexity index is 400. The normalized spacial score (nSPS) is 11.5. The van der Waals surface area contributed by atoms with Crippen molar-refractivity contribution < 1.29 is 4.79 Å². The third-order valence-corrected chi connectivity index (χ3v) is 7.64. The van der Waals surface area contributed by atoms with E-state index in [-0.39, 0.29) is 0 Å². The smallest absolute Gasteiger partial charge is 0.132 e. The largest absolute Gasteiger partial charge is 0.303 e. The summed E-state index contributed by atoms with van der Waals surface area (Å²) < 4.78 is 0. The SMILES string of the molecule is CCCCCCCCCCCCCCCCCCCCCC(=O)CCCN(CCCC)CCCC. The van der Waals surface area contributed by atoms with Crippen LogP contribution in [0.4, 0.5) is 0 Å². The molecule has 0 saturated heterocycles. The predicted molar refractivity (Wildman–Crippen MR) is 159 cm³/mol. The molecule has 2 heteroatoms. The average molecular weight is 494 g/mol. The van der Waals surface area contributed by atoms with Crippen LogP contribution in [-0.2, 0) is 4.79 Å². The lowest BCUT2D eigenvalue weighted by Crippen LogP contribution is -2.27. The standard InChI is InChI=1S/C33H67NO/c1-4-7-10-11-12-13-14-15-16-17-18-19-20-21-22-23-24-25-26-28-33(35)29-27-32-34(30-8-5-2)31-9-6-3/h4-32H2,1-3H3. The van der Waals surface area contributed by atoms with Crippen LogP contribution in [-0.4, -0.2) is 30.3 Å². The summed E-state index contributed by atoms with van der Waals surface area (Å²) in [4.78, 5) is 14.8. The molecule has 210 valence electrons. The second kappa shape index (κ2) is 29.9. The summed E-state index contributed by atoms with van der Waals surface area (Å²) in [5, 5.41) is 0. The van der Waals surface area contributed by atoms with Crippen molar-refractivity contribution in [3.8, 4) is 0 Å². The molecule has 0 atom stereocenters. The van der Waals surface area contributed by atoms with Crippen LogP contribution in [0.5, 0.6) is 0 Å². The lowest BCUT2D eigenvalue weighted by atomic mass is 10.0. The van der Waals surface area contributed by atoms with Gasteiger partial charge in [0.05, 0.1) is 0 Å². The van der Waals surface area contributed by atoms with Gasteiger partial charge in [0, 0.05) is 12.8 Å². The van der Waals surface area contributed by atoms with E-state index in [1.54, 1.807) is 0 Å². The lowest BCUT2D eigenvalue weighted by molar-refractivity contribution is -0.119. The molecule has 0 aliphatic carbocycles. The summed E-state index contributed by atoms with van der Waals surface area (Å²) in [7, 11) is 0. The lowest BCUT2D eigenvalue weighted by Gasteiger charge is -2.21. The Balaban J connectivity index is 3.32. The van der Waals surface area contributed by atoms with Crippen molar-refractivity contribution in [1.82, 2.24) is 4.90 Å². The van der Waals surface area contributed by atoms with Crippen LogP contribution in [0.3, 0.4) is 0 Å². The van der Waals surface area contributed by atoms with E-state index in [2.05, 4.69) is 25.7 Å². The molecule has 2 nitrogen and oxygen atoms in total. The third-order valence-electron chi connectivity index (χ3n) is 7.64. The molecule has 0 amide bonds. The third kappa shape index (κ3) is 28.1. The molecule has 0 saturated carbocycles. The van der Waals surface area contributed by atoms with E-state index in [9.17, 15) is 4.79 Å². The van der Waals surface area contributed by atoms with Crippen molar-refractivity contribution in [2.24, 2.45) is 0 Å². The van der Waals surface area contributed by atoms with Gasteiger partial charge < -0.3 is 4.90 Å². The van der Waals surface area contributed by atoms with Gasteiger partial charge in [0.1, 0.15) is 5.78 Å². The summed E-state index contributed by atoms with van der Waals surface area (Å²) >= 11 is 0. The van der Waals surface area contributed by atoms with Crippen molar-refractivity contribution in [1.29, 1.82) is 0 Å². The first-order valence-corrected chi connectivity index (χ1v) is 16.5. The Kier molecular flexibility index (Phi) is 29.5. The van der Waals surface area contributed by atoms with Gasteiger partial charge in [-0.3, -0.25) is 4.79 Å². The fraction of sp³-hybridized carbons (Fsp3) is 0.970. The number of hydrogen-bond donors (Lipinski definition) is 0. The number of unbranched alkanes of at least 4 members (excludes halogenated alkanes) is 20. The average Bonchev–Trinajstić information content (AvgIpc) is 2.86. The van der Waals surface area contributed by atoms with Crippen LogP contribution < -0.4 is 0 Å². The molecule has 0 aliphatic heterocycles. The van der Waals surface area contributed by atoms with Gasteiger partial charge in [-0.15, -0.1) is 0 Å². The number of carbonyl (C=O) groups excluding carboxylic acids is 1. The summed E-state index contributed by atoms with van der Waals surface area (Å²) in [6, 6.07) is 0. The number of carbonyl (C=O) groups is 1.